The van der Waals surface area contributed by atoms with Gasteiger partial charge in [-0.25, -0.2) is 4.98 Å². The molecular formula is C14H22ClN3O. The van der Waals surface area contributed by atoms with E-state index in [1.54, 1.807) is 0 Å². The third-order valence-corrected chi connectivity index (χ3v) is 3.64. The molecule has 0 saturated heterocycles. The summed E-state index contributed by atoms with van der Waals surface area (Å²) in [5.74, 6) is 0.443. The third kappa shape index (κ3) is 4.10. The second kappa shape index (κ2) is 7.34. The van der Waals surface area contributed by atoms with Crippen LogP contribution in [-0.4, -0.2) is 28.9 Å². The Hall–Kier alpha value is -1.29. The zero-order valence-corrected chi connectivity index (χ0v) is 12.6. The van der Waals surface area contributed by atoms with E-state index >= 15 is 0 Å². The lowest BCUT2D eigenvalue weighted by atomic mass is 10.0. The van der Waals surface area contributed by atoms with Gasteiger partial charge in [-0.05, 0) is 18.9 Å². The van der Waals surface area contributed by atoms with Crippen LogP contribution in [0, 0.1) is 5.92 Å². The molecule has 1 aromatic rings. The zero-order valence-electron chi connectivity index (χ0n) is 11.8. The lowest BCUT2D eigenvalue weighted by molar-refractivity contribution is 0.0736. The van der Waals surface area contributed by atoms with Gasteiger partial charge in [0.1, 0.15) is 5.15 Å². The Kier molecular flexibility index (Phi) is 6.09. The largest absolute Gasteiger partial charge is 0.397 e. The van der Waals surface area contributed by atoms with E-state index in [1.165, 1.54) is 12.3 Å². The number of carbonyl (C=O) groups excluding carboxylic acids is 1. The second-order valence-corrected chi connectivity index (χ2v) is 5.01. The van der Waals surface area contributed by atoms with Gasteiger partial charge in [0.15, 0.2) is 0 Å². The van der Waals surface area contributed by atoms with E-state index < -0.39 is 0 Å². The van der Waals surface area contributed by atoms with Crippen LogP contribution in [-0.2, 0) is 0 Å². The number of hydrogen-bond donors (Lipinski definition) is 1. The van der Waals surface area contributed by atoms with Crippen LogP contribution in [0.2, 0.25) is 5.15 Å². The second-order valence-electron chi connectivity index (χ2n) is 4.62. The molecule has 0 bridgehead atoms. The summed E-state index contributed by atoms with van der Waals surface area (Å²) < 4.78 is 0. The molecule has 1 rings (SSSR count). The molecular weight excluding hydrogens is 262 g/mol. The van der Waals surface area contributed by atoms with Crippen LogP contribution in [0.5, 0.6) is 0 Å². The lowest BCUT2D eigenvalue weighted by Gasteiger charge is -2.26. The molecule has 2 N–H and O–H groups in total. The number of hydrogen-bond acceptors (Lipinski definition) is 3. The summed E-state index contributed by atoms with van der Waals surface area (Å²) >= 11 is 5.83. The Balaban J connectivity index is 2.92. The Bertz CT molecular complexity index is 433. The minimum absolute atomic E-state index is 0.0730. The number of anilines is 1. The molecule has 5 heteroatoms. The van der Waals surface area contributed by atoms with Gasteiger partial charge in [0, 0.05) is 13.1 Å². The molecule has 106 valence electrons. The van der Waals surface area contributed by atoms with Crippen LogP contribution in [0.15, 0.2) is 12.3 Å². The van der Waals surface area contributed by atoms with Crippen molar-refractivity contribution in [1.82, 2.24) is 9.88 Å². The van der Waals surface area contributed by atoms with E-state index in [1.807, 2.05) is 11.8 Å². The van der Waals surface area contributed by atoms with Crippen LogP contribution in [0.1, 0.15) is 44.0 Å². The van der Waals surface area contributed by atoms with Crippen molar-refractivity contribution in [2.24, 2.45) is 5.92 Å². The molecule has 19 heavy (non-hydrogen) atoms. The number of nitrogens with two attached hydrogens (primary N) is 1. The van der Waals surface area contributed by atoms with E-state index in [2.05, 4.69) is 18.8 Å². The van der Waals surface area contributed by atoms with Crippen LogP contribution in [0.4, 0.5) is 5.69 Å². The number of nitrogens with zero attached hydrogens (tertiary/aromatic N) is 2. The number of amides is 1. The standard InChI is InChI=1S/C14H22ClN3O/c1-4-10(5-2)9-18(6-3)14(19)11-7-13(15)17-8-12(11)16/h7-8,10H,4-6,9,16H2,1-3H3. The third-order valence-electron chi connectivity index (χ3n) is 3.43. The summed E-state index contributed by atoms with van der Waals surface area (Å²) in [7, 11) is 0. The molecule has 0 radical (unpaired) electrons. The Morgan fingerprint density at radius 2 is 2.05 bits per heavy atom. The first-order valence-electron chi connectivity index (χ1n) is 6.73. The predicted octanol–water partition coefficient (Wildman–Crippen LogP) is 3.22. The fourth-order valence-corrected chi connectivity index (χ4v) is 2.17. The van der Waals surface area contributed by atoms with Crippen molar-refractivity contribution in [3.05, 3.63) is 23.0 Å². The number of halogens is 1. The van der Waals surface area contributed by atoms with Crippen molar-refractivity contribution in [2.75, 3.05) is 18.8 Å². The number of carbonyl (C=O) groups is 1. The number of rotatable bonds is 6. The quantitative estimate of drug-likeness (QED) is 0.816. The summed E-state index contributed by atoms with van der Waals surface area (Å²) in [6.45, 7) is 7.67. The van der Waals surface area contributed by atoms with Gasteiger partial charge in [-0.3, -0.25) is 4.79 Å². The van der Waals surface area contributed by atoms with E-state index in [4.69, 9.17) is 17.3 Å². The first kappa shape index (κ1) is 15.8. The van der Waals surface area contributed by atoms with E-state index in [-0.39, 0.29) is 11.1 Å². The van der Waals surface area contributed by atoms with Crippen molar-refractivity contribution in [1.29, 1.82) is 0 Å². The molecule has 1 amide bonds. The molecule has 0 aliphatic carbocycles. The molecule has 0 aromatic carbocycles. The molecule has 0 fully saturated rings. The van der Waals surface area contributed by atoms with Crippen molar-refractivity contribution in [3.8, 4) is 0 Å². The van der Waals surface area contributed by atoms with E-state index in [0.717, 1.165) is 19.4 Å². The van der Waals surface area contributed by atoms with Crippen molar-refractivity contribution in [3.63, 3.8) is 0 Å². The van der Waals surface area contributed by atoms with Gasteiger partial charge in [-0.15, -0.1) is 0 Å². The zero-order chi connectivity index (χ0) is 14.4. The van der Waals surface area contributed by atoms with E-state index in [0.29, 0.717) is 23.7 Å². The maximum absolute atomic E-state index is 12.5. The van der Waals surface area contributed by atoms with Crippen molar-refractivity contribution < 1.29 is 4.79 Å². The minimum atomic E-state index is -0.0730. The smallest absolute Gasteiger partial charge is 0.256 e. The minimum Gasteiger partial charge on any atom is -0.397 e. The Morgan fingerprint density at radius 1 is 1.42 bits per heavy atom. The molecule has 0 unspecified atom stereocenters. The van der Waals surface area contributed by atoms with Gasteiger partial charge in [0.25, 0.3) is 5.91 Å². The average Bonchev–Trinajstić information content (AvgIpc) is 2.42. The van der Waals surface area contributed by atoms with Gasteiger partial charge < -0.3 is 10.6 Å². The van der Waals surface area contributed by atoms with Gasteiger partial charge in [0.05, 0.1) is 17.4 Å². The summed E-state index contributed by atoms with van der Waals surface area (Å²) in [6, 6.07) is 1.54. The summed E-state index contributed by atoms with van der Waals surface area (Å²) in [4.78, 5) is 18.2. The van der Waals surface area contributed by atoms with Crippen LogP contribution >= 0.6 is 11.6 Å². The molecule has 0 aliphatic heterocycles. The molecule has 1 heterocycles. The summed E-state index contributed by atoms with van der Waals surface area (Å²) in [6.07, 6.45) is 3.56. The highest BCUT2D eigenvalue weighted by Crippen LogP contribution is 2.19. The molecule has 0 aliphatic rings. The molecule has 0 atom stereocenters. The number of nitrogen functional groups attached to an aromatic ring is 1. The molecule has 0 saturated carbocycles. The van der Waals surface area contributed by atoms with Gasteiger partial charge in [-0.2, -0.15) is 0 Å². The molecule has 1 aromatic heterocycles. The highest BCUT2D eigenvalue weighted by Gasteiger charge is 2.19. The van der Waals surface area contributed by atoms with Crippen LogP contribution in [0.3, 0.4) is 0 Å². The normalized spacial score (nSPS) is 10.8. The Labute approximate surface area is 120 Å². The van der Waals surface area contributed by atoms with Crippen LogP contribution in [0.25, 0.3) is 0 Å². The van der Waals surface area contributed by atoms with Gasteiger partial charge >= 0.3 is 0 Å². The SMILES string of the molecule is CCC(CC)CN(CC)C(=O)c1cc(Cl)ncc1N. The average molecular weight is 284 g/mol. The molecule has 4 nitrogen and oxygen atoms in total. The fourth-order valence-electron chi connectivity index (χ4n) is 2.01. The van der Waals surface area contributed by atoms with E-state index in [9.17, 15) is 4.79 Å². The topological polar surface area (TPSA) is 59.2 Å². The fraction of sp³-hybridized carbons (Fsp3) is 0.571. The van der Waals surface area contributed by atoms with Crippen LogP contribution < -0.4 is 5.73 Å². The van der Waals surface area contributed by atoms with Crippen molar-refractivity contribution >= 4 is 23.2 Å². The monoisotopic (exact) mass is 283 g/mol. The number of pyridine rings is 1. The maximum Gasteiger partial charge on any atom is 0.256 e. The van der Waals surface area contributed by atoms with Crippen molar-refractivity contribution in [2.45, 2.75) is 33.6 Å². The Morgan fingerprint density at radius 3 is 2.58 bits per heavy atom. The maximum atomic E-state index is 12.5. The predicted molar refractivity (Wildman–Crippen MR) is 79.3 cm³/mol. The first-order chi connectivity index (χ1) is 9.03. The molecule has 0 spiro atoms. The highest BCUT2D eigenvalue weighted by atomic mass is 35.5. The van der Waals surface area contributed by atoms with Gasteiger partial charge in [0.2, 0.25) is 0 Å². The number of aromatic nitrogens is 1. The summed E-state index contributed by atoms with van der Waals surface area (Å²) in [5, 5.41) is 0.288. The lowest BCUT2D eigenvalue weighted by Crippen LogP contribution is -2.35. The van der Waals surface area contributed by atoms with Gasteiger partial charge in [-0.1, -0.05) is 38.3 Å². The first-order valence-corrected chi connectivity index (χ1v) is 7.11. The summed E-state index contributed by atoms with van der Waals surface area (Å²) in [5.41, 5.74) is 6.62. The highest BCUT2D eigenvalue weighted by molar-refractivity contribution is 6.29.